The van der Waals surface area contributed by atoms with Gasteiger partial charge in [-0.3, -0.25) is 0 Å². The van der Waals surface area contributed by atoms with Crippen molar-refractivity contribution < 1.29 is 8.42 Å². The summed E-state index contributed by atoms with van der Waals surface area (Å²) in [5.41, 5.74) is 0.852. The molecule has 1 aromatic carbocycles. The van der Waals surface area contributed by atoms with Gasteiger partial charge in [-0.05, 0) is 26.5 Å². The minimum Gasteiger partial charge on any atom is -0.318 e. The third kappa shape index (κ3) is 2.83. The number of hydrogen-bond donors (Lipinski definition) is 1. The van der Waals surface area contributed by atoms with Crippen molar-refractivity contribution in [2.75, 3.05) is 13.6 Å². The van der Waals surface area contributed by atoms with Crippen LogP contribution in [0.2, 0.25) is 0 Å². The summed E-state index contributed by atoms with van der Waals surface area (Å²) in [6.07, 6.45) is 0. The second kappa shape index (κ2) is 5.46. The lowest BCUT2D eigenvalue weighted by Gasteiger charge is -2.20. The predicted molar refractivity (Wildman–Crippen MR) is 67.2 cm³/mol. The van der Waals surface area contributed by atoms with Gasteiger partial charge in [-0.1, -0.05) is 30.3 Å². The zero-order chi connectivity index (χ0) is 12.2. The molecule has 0 radical (unpaired) electrons. The van der Waals surface area contributed by atoms with Crippen LogP contribution in [-0.4, -0.2) is 27.3 Å². The number of rotatable bonds is 5. The Morgan fingerprint density at radius 2 is 1.75 bits per heavy atom. The standard InChI is InChI=1S/C12H19NO2S/c1-10(2)16(14,15)12(9-13-3)11-7-5-4-6-8-11/h4-8,10,12-13H,9H2,1-3H3. The van der Waals surface area contributed by atoms with Gasteiger partial charge in [0.05, 0.1) is 10.5 Å². The molecule has 1 N–H and O–H groups in total. The summed E-state index contributed by atoms with van der Waals surface area (Å²) in [5.74, 6) is 0. The Bertz CT molecular complexity index is 412. The first-order valence-corrected chi connectivity index (χ1v) is 7.03. The van der Waals surface area contributed by atoms with Crippen LogP contribution >= 0.6 is 0 Å². The highest BCUT2D eigenvalue weighted by Crippen LogP contribution is 2.25. The molecule has 1 rings (SSSR count). The summed E-state index contributed by atoms with van der Waals surface area (Å²) in [6.45, 7) is 3.90. The quantitative estimate of drug-likeness (QED) is 0.854. The lowest BCUT2D eigenvalue weighted by atomic mass is 10.1. The van der Waals surface area contributed by atoms with Gasteiger partial charge in [0.2, 0.25) is 0 Å². The summed E-state index contributed by atoms with van der Waals surface area (Å²) in [5, 5.41) is 2.13. The Balaban J connectivity index is 3.11. The molecule has 0 aromatic heterocycles. The summed E-state index contributed by atoms with van der Waals surface area (Å²) in [7, 11) is -1.35. The highest BCUT2D eigenvalue weighted by atomic mass is 32.2. The summed E-state index contributed by atoms with van der Waals surface area (Å²) < 4.78 is 24.4. The molecule has 0 aliphatic heterocycles. The van der Waals surface area contributed by atoms with Crippen LogP contribution < -0.4 is 5.32 Å². The van der Waals surface area contributed by atoms with E-state index in [1.165, 1.54) is 0 Å². The van der Waals surface area contributed by atoms with Crippen LogP contribution in [0, 0.1) is 0 Å². The van der Waals surface area contributed by atoms with E-state index in [0.29, 0.717) is 6.54 Å². The Hall–Kier alpha value is -0.870. The van der Waals surface area contributed by atoms with Crippen molar-refractivity contribution in [3.63, 3.8) is 0 Å². The van der Waals surface area contributed by atoms with Crippen LogP contribution in [0.25, 0.3) is 0 Å². The number of likely N-dealkylation sites (N-methyl/N-ethyl adjacent to an activating group) is 1. The van der Waals surface area contributed by atoms with Gasteiger partial charge in [-0.15, -0.1) is 0 Å². The largest absolute Gasteiger partial charge is 0.318 e. The van der Waals surface area contributed by atoms with Gasteiger partial charge < -0.3 is 5.32 Å². The van der Waals surface area contributed by atoms with Crippen molar-refractivity contribution in [3.05, 3.63) is 35.9 Å². The Labute approximate surface area is 97.8 Å². The Morgan fingerprint density at radius 3 is 2.19 bits per heavy atom. The maximum absolute atomic E-state index is 12.2. The van der Waals surface area contributed by atoms with E-state index in [1.807, 2.05) is 30.3 Å². The molecule has 1 atom stereocenters. The maximum atomic E-state index is 12.2. The molecule has 0 bridgehead atoms. The smallest absolute Gasteiger partial charge is 0.160 e. The first-order valence-electron chi connectivity index (χ1n) is 5.42. The molecule has 0 heterocycles. The molecular formula is C12H19NO2S. The maximum Gasteiger partial charge on any atom is 0.160 e. The van der Waals surface area contributed by atoms with Crippen LogP contribution in [0.15, 0.2) is 30.3 Å². The number of hydrogen-bond acceptors (Lipinski definition) is 3. The highest BCUT2D eigenvalue weighted by molar-refractivity contribution is 7.92. The van der Waals surface area contributed by atoms with E-state index in [1.54, 1.807) is 20.9 Å². The Kier molecular flexibility index (Phi) is 4.50. The van der Waals surface area contributed by atoms with Crippen molar-refractivity contribution in [1.29, 1.82) is 0 Å². The summed E-state index contributed by atoms with van der Waals surface area (Å²) >= 11 is 0. The number of sulfone groups is 1. The van der Waals surface area contributed by atoms with Gasteiger partial charge in [0.1, 0.15) is 0 Å². The van der Waals surface area contributed by atoms with E-state index < -0.39 is 15.1 Å². The first kappa shape index (κ1) is 13.2. The van der Waals surface area contributed by atoms with Crippen molar-refractivity contribution in [2.45, 2.75) is 24.3 Å². The first-order chi connectivity index (χ1) is 7.50. The molecule has 0 saturated heterocycles. The lowest BCUT2D eigenvalue weighted by Crippen LogP contribution is -2.29. The Morgan fingerprint density at radius 1 is 1.19 bits per heavy atom. The van der Waals surface area contributed by atoms with Crippen LogP contribution in [0.4, 0.5) is 0 Å². The SMILES string of the molecule is CNCC(c1ccccc1)S(=O)(=O)C(C)C. The molecule has 0 spiro atoms. The van der Waals surface area contributed by atoms with Gasteiger partial charge >= 0.3 is 0 Å². The summed E-state index contributed by atoms with van der Waals surface area (Å²) in [6, 6.07) is 9.35. The van der Waals surface area contributed by atoms with Gasteiger partial charge in [-0.25, -0.2) is 8.42 Å². The molecule has 4 heteroatoms. The van der Waals surface area contributed by atoms with Crippen LogP contribution in [0.3, 0.4) is 0 Å². The molecule has 3 nitrogen and oxygen atoms in total. The van der Waals surface area contributed by atoms with Gasteiger partial charge in [-0.2, -0.15) is 0 Å². The minimum atomic E-state index is -3.12. The monoisotopic (exact) mass is 241 g/mol. The van der Waals surface area contributed by atoms with Crippen molar-refractivity contribution >= 4 is 9.84 Å². The molecule has 0 amide bonds. The van der Waals surface area contributed by atoms with E-state index in [0.717, 1.165) is 5.56 Å². The second-order valence-electron chi connectivity index (χ2n) is 4.09. The van der Waals surface area contributed by atoms with Crippen LogP contribution in [-0.2, 0) is 9.84 Å². The topological polar surface area (TPSA) is 46.2 Å². The molecule has 0 aliphatic rings. The molecule has 0 fully saturated rings. The molecule has 0 aliphatic carbocycles. The van der Waals surface area contributed by atoms with Crippen LogP contribution in [0.1, 0.15) is 24.7 Å². The van der Waals surface area contributed by atoms with E-state index in [-0.39, 0.29) is 5.25 Å². The molecular weight excluding hydrogens is 222 g/mol. The third-order valence-electron chi connectivity index (χ3n) is 2.61. The van der Waals surface area contributed by atoms with Crippen LogP contribution in [0.5, 0.6) is 0 Å². The number of nitrogens with one attached hydrogen (secondary N) is 1. The average Bonchev–Trinajstić information content (AvgIpc) is 2.26. The van der Waals surface area contributed by atoms with E-state index in [4.69, 9.17) is 0 Å². The normalized spacial score (nSPS) is 14.0. The minimum absolute atomic E-state index is 0.356. The fraction of sp³-hybridized carbons (Fsp3) is 0.500. The fourth-order valence-electron chi connectivity index (χ4n) is 1.61. The van der Waals surface area contributed by atoms with Crippen molar-refractivity contribution in [3.8, 4) is 0 Å². The zero-order valence-corrected chi connectivity index (χ0v) is 10.8. The fourth-order valence-corrected chi connectivity index (χ4v) is 3.20. The predicted octanol–water partition coefficient (Wildman–Crippen LogP) is 1.77. The van der Waals surface area contributed by atoms with Gasteiger partial charge in [0.15, 0.2) is 9.84 Å². The van der Waals surface area contributed by atoms with E-state index in [2.05, 4.69) is 5.32 Å². The van der Waals surface area contributed by atoms with Gasteiger partial charge in [0, 0.05) is 6.54 Å². The van der Waals surface area contributed by atoms with E-state index in [9.17, 15) is 8.42 Å². The lowest BCUT2D eigenvalue weighted by molar-refractivity contribution is 0.567. The van der Waals surface area contributed by atoms with Crippen molar-refractivity contribution in [2.24, 2.45) is 0 Å². The molecule has 1 aromatic rings. The number of benzene rings is 1. The molecule has 0 saturated carbocycles. The molecule has 16 heavy (non-hydrogen) atoms. The molecule has 90 valence electrons. The van der Waals surface area contributed by atoms with Gasteiger partial charge in [0.25, 0.3) is 0 Å². The average molecular weight is 241 g/mol. The summed E-state index contributed by atoms with van der Waals surface area (Å²) in [4.78, 5) is 0. The highest BCUT2D eigenvalue weighted by Gasteiger charge is 2.29. The third-order valence-corrected chi connectivity index (χ3v) is 5.16. The molecule has 1 unspecified atom stereocenters. The zero-order valence-electron chi connectivity index (χ0n) is 9.97. The second-order valence-corrected chi connectivity index (χ2v) is 6.78. The van der Waals surface area contributed by atoms with Crippen molar-refractivity contribution in [1.82, 2.24) is 5.32 Å². The van der Waals surface area contributed by atoms with E-state index >= 15 is 0 Å².